The summed E-state index contributed by atoms with van der Waals surface area (Å²) in [5.41, 5.74) is 1.55. The zero-order valence-corrected chi connectivity index (χ0v) is 13.7. The van der Waals surface area contributed by atoms with Crippen molar-refractivity contribution < 1.29 is 14.4 Å². The van der Waals surface area contributed by atoms with Crippen LogP contribution in [-0.4, -0.2) is 17.0 Å². The van der Waals surface area contributed by atoms with Crippen LogP contribution in [0.3, 0.4) is 0 Å². The molecule has 2 aromatic carbocycles. The normalized spacial score (nSPS) is 10.4. The molecule has 0 amide bonds. The lowest BCUT2D eigenvalue weighted by Gasteiger charge is -2.05. The lowest BCUT2D eigenvalue weighted by Crippen LogP contribution is -1.99. The Hall–Kier alpha value is -2.93. The van der Waals surface area contributed by atoms with E-state index in [0.29, 0.717) is 5.69 Å². The van der Waals surface area contributed by atoms with Gasteiger partial charge in [0.05, 0.1) is 23.3 Å². The fourth-order valence-corrected chi connectivity index (χ4v) is 3.03. The van der Waals surface area contributed by atoms with E-state index in [4.69, 9.17) is 9.47 Å². The van der Waals surface area contributed by atoms with Crippen LogP contribution in [-0.2, 0) is 6.61 Å². The number of nitro groups is 1. The maximum Gasteiger partial charge on any atom is 0.310 e. The second kappa shape index (κ2) is 7.10. The summed E-state index contributed by atoms with van der Waals surface area (Å²) >= 11 is 1.47. The minimum atomic E-state index is -0.462. The topological polar surface area (TPSA) is 74.5 Å². The molecule has 122 valence electrons. The van der Waals surface area contributed by atoms with Crippen LogP contribution in [0.4, 0.5) is 5.69 Å². The smallest absolute Gasteiger partial charge is 0.310 e. The van der Waals surface area contributed by atoms with E-state index in [9.17, 15) is 10.1 Å². The Labute approximate surface area is 142 Å². The van der Waals surface area contributed by atoms with Gasteiger partial charge in [-0.05, 0) is 18.2 Å². The summed E-state index contributed by atoms with van der Waals surface area (Å²) < 4.78 is 10.9. The molecule has 3 aromatic rings. The summed E-state index contributed by atoms with van der Waals surface area (Å²) in [6, 6.07) is 13.9. The number of ether oxygens (including phenoxy) is 2. The Bertz CT molecular complexity index is 863. The summed E-state index contributed by atoms with van der Waals surface area (Å²) in [4.78, 5) is 15.1. The molecule has 0 N–H and O–H groups in total. The van der Waals surface area contributed by atoms with Crippen LogP contribution in [0.1, 0.15) is 5.69 Å². The molecule has 0 fully saturated rings. The van der Waals surface area contributed by atoms with Gasteiger partial charge in [-0.3, -0.25) is 10.1 Å². The van der Waals surface area contributed by atoms with Crippen LogP contribution in [0, 0.1) is 10.1 Å². The first-order chi connectivity index (χ1) is 11.7. The molecule has 0 saturated carbocycles. The molecule has 1 aromatic heterocycles. The number of aromatic nitrogens is 1. The van der Waals surface area contributed by atoms with Crippen LogP contribution < -0.4 is 9.47 Å². The third kappa shape index (κ3) is 3.36. The Kier molecular flexibility index (Phi) is 4.72. The monoisotopic (exact) mass is 342 g/mol. The first-order valence-electron chi connectivity index (χ1n) is 7.13. The van der Waals surface area contributed by atoms with Crippen LogP contribution in [0.5, 0.6) is 11.5 Å². The number of nitrogens with zero attached hydrogens (tertiary/aromatic N) is 2. The number of methoxy groups -OCH3 is 1. The molecule has 6 nitrogen and oxygen atoms in total. The van der Waals surface area contributed by atoms with Gasteiger partial charge in [0.2, 0.25) is 0 Å². The third-order valence-corrected chi connectivity index (χ3v) is 4.25. The van der Waals surface area contributed by atoms with Crippen LogP contribution in [0.25, 0.3) is 10.6 Å². The second-order valence-corrected chi connectivity index (χ2v) is 5.72. The standard InChI is InChI=1S/C17H14N2O4S/c1-22-15-8-4-2-6-13(15)17-18-12(11-24-17)10-23-16-9-5-3-7-14(16)19(20)21/h2-9,11H,10H2,1H3. The molecular weight excluding hydrogens is 328 g/mol. The fourth-order valence-electron chi connectivity index (χ4n) is 2.20. The highest BCUT2D eigenvalue weighted by atomic mass is 32.1. The number of thiazole rings is 1. The molecule has 24 heavy (non-hydrogen) atoms. The van der Waals surface area contributed by atoms with Crippen molar-refractivity contribution in [3.05, 3.63) is 69.7 Å². The molecule has 0 aliphatic carbocycles. The van der Waals surface area contributed by atoms with Gasteiger partial charge < -0.3 is 9.47 Å². The number of para-hydroxylation sites is 3. The van der Waals surface area contributed by atoms with Crippen molar-refractivity contribution in [1.82, 2.24) is 4.98 Å². The molecule has 0 bridgehead atoms. The Morgan fingerprint density at radius 2 is 1.83 bits per heavy atom. The maximum atomic E-state index is 11.0. The first-order valence-corrected chi connectivity index (χ1v) is 8.01. The minimum absolute atomic E-state index is 0.0577. The second-order valence-electron chi connectivity index (χ2n) is 4.86. The van der Waals surface area contributed by atoms with Gasteiger partial charge in [0, 0.05) is 11.4 Å². The van der Waals surface area contributed by atoms with Gasteiger partial charge in [0.25, 0.3) is 0 Å². The van der Waals surface area contributed by atoms with Gasteiger partial charge in [-0.15, -0.1) is 11.3 Å². The van der Waals surface area contributed by atoms with Crippen molar-refractivity contribution in [2.45, 2.75) is 6.61 Å². The Morgan fingerprint density at radius 3 is 2.58 bits per heavy atom. The first kappa shape index (κ1) is 15.9. The quantitative estimate of drug-likeness (QED) is 0.493. The van der Waals surface area contributed by atoms with Gasteiger partial charge >= 0.3 is 5.69 Å². The highest BCUT2D eigenvalue weighted by molar-refractivity contribution is 7.13. The van der Waals surface area contributed by atoms with Crippen molar-refractivity contribution in [3.63, 3.8) is 0 Å². The predicted molar refractivity (Wildman–Crippen MR) is 91.5 cm³/mol. The van der Waals surface area contributed by atoms with E-state index < -0.39 is 4.92 Å². The fraction of sp³-hybridized carbons (Fsp3) is 0.118. The molecule has 0 aliphatic rings. The zero-order valence-electron chi connectivity index (χ0n) is 12.8. The van der Waals surface area contributed by atoms with E-state index in [0.717, 1.165) is 16.3 Å². The van der Waals surface area contributed by atoms with Gasteiger partial charge in [-0.25, -0.2) is 4.98 Å². The molecule has 0 atom stereocenters. The van der Waals surface area contributed by atoms with E-state index in [1.165, 1.54) is 17.4 Å². The highest BCUT2D eigenvalue weighted by Crippen LogP contribution is 2.32. The minimum Gasteiger partial charge on any atom is -0.496 e. The van der Waals surface area contributed by atoms with Crippen LogP contribution >= 0.6 is 11.3 Å². The maximum absolute atomic E-state index is 11.0. The molecule has 0 spiro atoms. The lowest BCUT2D eigenvalue weighted by atomic mass is 10.2. The molecule has 1 heterocycles. The molecule has 7 heteroatoms. The molecule has 0 saturated heterocycles. The molecule has 3 rings (SSSR count). The lowest BCUT2D eigenvalue weighted by molar-refractivity contribution is -0.385. The SMILES string of the molecule is COc1ccccc1-c1nc(COc2ccccc2[N+](=O)[O-])cs1. The number of hydrogen-bond acceptors (Lipinski definition) is 6. The number of nitro benzene ring substituents is 1. The average Bonchev–Trinajstić information content (AvgIpc) is 3.09. The number of rotatable bonds is 6. The summed E-state index contributed by atoms with van der Waals surface area (Å²) in [6.45, 7) is 0.163. The largest absolute Gasteiger partial charge is 0.496 e. The van der Waals surface area contributed by atoms with E-state index in [2.05, 4.69) is 4.98 Å². The van der Waals surface area contributed by atoms with Crippen molar-refractivity contribution in [2.75, 3.05) is 7.11 Å². The summed E-state index contributed by atoms with van der Waals surface area (Å²) in [6.07, 6.45) is 0. The van der Waals surface area contributed by atoms with Crippen LogP contribution in [0.15, 0.2) is 53.9 Å². The Balaban J connectivity index is 1.77. The van der Waals surface area contributed by atoms with E-state index in [-0.39, 0.29) is 18.0 Å². The van der Waals surface area contributed by atoms with Crippen molar-refractivity contribution >= 4 is 17.0 Å². The Morgan fingerprint density at radius 1 is 1.12 bits per heavy atom. The van der Waals surface area contributed by atoms with Crippen molar-refractivity contribution in [1.29, 1.82) is 0 Å². The highest BCUT2D eigenvalue weighted by Gasteiger charge is 2.15. The summed E-state index contributed by atoms with van der Waals surface area (Å²) in [5, 5.41) is 13.7. The number of hydrogen-bond donors (Lipinski definition) is 0. The predicted octanol–water partition coefficient (Wildman–Crippen LogP) is 4.31. The summed E-state index contributed by atoms with van der Waals surface area (Å²) in [5.74, 6) is 0.979. The van der Waals surface area contributed by atoms with Crippen molar-refractivity contribution in [2.24, 2.45) is 0 Å². The van der Waals surface area contributed by atoms with Gasteiger partial charge in [0.15, 0.2) is 5.75 Å². The molecule has 0 radical (unpaired) electrons. The van der Waals surface area contributed by atoms with E-state index in [1.807, 2.05) is 29.6 Å². The van der Waals surface area contributed by atoms with Gasteiger partial charge in [-0.2, -0.15) is 0 Å². The molecular formula is C17H14N2O4S. The van der Waals surface area contributed by atoms with E-state index >= 15 is 0 Å². The van der Waals surface area contributed by atoms with Gasteiger partial charge in [0.1, 0.15) is 17.4 Å². The van der Waals surface area contributed by atoms with E-state index in [1.54, 1.807) is 25.3 Å². The average molecular weight is 342 g/mol. The summed E-state index contributed by atoms with van der Waals surface area (Å²) in [7, 11) is 1.62. The number of benzene rings is 2. The van der Waals surface area contributed by atoms with Crippen LogP contribution in [0.2, 0.25) is 0 Å². The van der Waals surface area contributed by atoms with Crippen molar-refractivity contribution in [3.8, 4) is 22.1 Å². The third-order valence-electron chi connectivity index (χ3n) is 3.33. The zero-order chi connectivity index (χ0) is 16.9. The molecule has 0 unspecified atom stereocenters. The van der Waals surface area contributed by atoms with Gasteiger partial charge in [-0.1, -0.05) is 24.3 Å². The molecule has 0 aliphatic heterocycles.